The summed E-state index contributed by atoms with van der Waals surface area (Å²) in [5, 5.41) is 3.08. The van der Waals surface area contributed by atoms with Crippen molar-refractivity contribution in [3.8, 4) is 11.5 Å². The molecule has 0 fully saturated rings. The van der Waals surface area contributed by atoms with Gasteiger partial charge < -0.3 is 28.0 Å². The molecule has 0 aliphatic rings. The number of benzene rings is 2. The van der Waals surface area contributed by atoms with Crippen molar-refractivity contribution in [2.75, 3.05) is 34.5 Å². The van der Waals surface area contributed by atoms with E-state index < -0.39 is 19.7 Å². The number of carbonyl (C=O) groups is 2. The van der Waals surface area contributed by atoms with E-state index in [0.29, 0.717) is 28.0 Å². The topological polar surface area (TPSA) is 132 Å². The lowest BCUT2D eigenvalue weighted by Gasteiger charge is -2.19. The highest BCUT2D eigenvalue weighted by Gasteiger charge is 2.27. The molecule has 0 unspecified atom stereocenters. The van der Waals surface area contributed by atoms with Gasteiger partial charge in [0.25, 0.3) is 0 Å². The van der Waals surface area contributed by atoms with Gasteiger partial charge in [0.05, 0.1) is 51.9 Å². The van der Waals surface area contributed by atoms with E-state index in [2.05, 4.69) is 10.3 Å². The molecule has 12 heteroatoms. The Morgan fingerprint density at radius 1 is 0.950 bits per heavy atom. The van der Waals surface area contributed by atoms with Crippen molar-refractivity contribution < 1.29 is 42.1 Å². The smallest absolute Gasteiger partial charge is 0.412 e. The Bertz CT molecular complexity index is 1400. The first-order valence-electron chi connectivity index (χ1n) is 12.5. The van der Waals surface area contributed by atoms with Crippen LogP contribution in [0.3, 0.4) is 0 Å². The van der Waals surface area contributed by atoms with E-state index in [9.17, 15) is 14.2 Å². The Balaban J connectivity index is 2.08. The highest BCUT2D eigenvalue weighted by molar-refractivity contribution is 7.53. The van der Waals surface area contributed by atoms with Crippen LogP contribution in [0.5, 0.6) is 11.5 Å². The SMILES string of the molecule is CCOP(=O)(Cc1cc2cc(OC)c(OC)cc2nc1C=C(NC(=O)OCc1ccccc1)C(=O)OC)OCC. The third-order valence-corrected chi connectivity index (χ3v) is 7.62. The van der Waals surface area contributed by atoms with Gasteiger partial charge in [0.15, 0.2) is 11.5 Å². The Labute approximate surface area is 232 Å². The summed E-state index contributed by atoms with van der Waals surface area (Å²) in [6.07, 6.45) is 0.303. The molecule has 11 nitrogen and oxygen atoms in total. The second-order valence-corrected chi connectivity index (χ2v) is 10.3. The fourth-order valence-corrected chi connectivity index (χ4v) is 5.52. The number of nitrogens with zero attached hydrogens (tertiary/aromatic N) is 1. The number of hydrogen-bond donors (Lipinski definition) is 1. The van der Waals surface area contributed by atoms with Crippen molar-refractivity contribution in [2.45, 2.75) is 26.6 Å². The van der Waals surface area contributed by atoms with Crippen LogP contribution in [-0.4, -0.2) is 51.6 Å². The number of nitrogens with one attached hydrogen (secondary N) is 1. The first-order valence-corrected chi connectivity index (χ1v) is 14.2. The molecule has 1 amide bonds. The predicted molar refractivity (Wildman–Crippen MR) is 149 cm³/mol. The molecule has 40 heavy (non-hydrogen) atoms. The number of carbonyl (C=O) groups excluding carboxylic acids is 2. The predicted octanol–water partition coefficient (Wildman–Crippen LogP) is 5.46. The molecule has 0 spiro atoms. The summed E-state index contributed by atoms with van der Waals surface area (Å²) in [7, 11) is 0.610. The van der Waals surface area contributed by atoms with Gasteiger partial charge in [-0.1, -0.05) is 30.3 Å². The normalized spacial score (nSPS) is 11.7. The highest BCUT2D eigenvalue weighted by atomic mass is 31.2. The van der Waals surface area contributed by atoms with Crippen LogP contribution in [0.2, 0.25) is 0 Å². The number of alkyl carbamates (subject to hydrolysis) is 1. The average molecular weight is 573 g/mol. The van der Waals surface area contributed by atoms with Gasteiger partial charge in [-0.05, 0) is 43.2 Å². The van der Waals surface area contributed by atoms with Crippen molar-refractivity contribution >= 4 is 36.6 Å². The van der Waals surface area contributed by atoms with Crippen LogP contribution in [0.25, 0.3) is 17.0 Å². The number of ether oxygens (including phenoxy) is 4. The minimum Gasteiger partial charge on any atom is -0.493 e. The summed E-state index contributed by atoms with van der Waals surface area (Å²) in [6.45, 7) is 3.74. The van der Waals surface area contributed by atoms with Crippen LogP contribution < -0.4 is 14.8 Å². The molecule has 0 aliphatic heterocycles. The number of fused-ring (bicyclic) bond motifs is 1. The number of rotatable bonds is 13. The van der Waals surface area contributed by atoms with E-state index in [1.54, 1.807) is 44.2 Å². The zero-order chi connectivity index (χ0) is 29.1. The Kier molecular flexibility index (Phi) is 11.1. The first-order chi connectivity index (χ1) is 19.2. The van der Waals surface area contributed by atoms with E-state index in [4.69, 9.17) is 28.0 Å². The third-order valence-electron chi connectivity index (χ3n) is 5.58. The summed E-state index contributed by atoms with van der Waals surface area (Å²) in [6, 6.07) is 14.2. The van der Waals surface area contributed by atoms with Crippen LogP contribution in [0.1, 0.15) is 30.7 Å². The van der Waals surface area contributed by atoms with E-state index in [0.717, 1.165) is 5.56 Å². The van der Waals surface area contributed by atoms with E-state index >= 15 is 0 Å². The van der Waals surface area contributed by atoms with E-state index in [-0.39, 0.29) is 37.4 Å². The fourth-order valence-electron chi connectivity index (χ4n) is 3.80. The summed E-state index contributed by atoms with van der Waals surface area (Å²) < 4.78 is 45.4. The molecule has 0 bridgehead atoms. The molecule has 0 aliphatic carbocycles. The molecule has 3 aromatic rings. The standard InChI is InChI=1S/C28H33N2O9P/c1-6-38-40(33,39-7-2)18-21-13-20-14-25(34-3)26(35-4)16-23(20)29-22(21)15-24(27(31)36-5)30-28(32)37-17-19-11-9-8-10-12-19/h8-16H,6-7,17-18H2,1-5H3,(H,30,32). The monoisotopic (exact) mass is 572 g/mol. The molecule has 3 rings (SSSR count). The molecule has 1 heterocycles. The van der Waals surface area contributed by atoms with Gasteiger partial charge in [0.1, 0.15) is 12.3 Å². The third kappa shape index (κ3) is 8.05. The van der Waals surface area contributed by atoms with Crippen LogP contribution in [-0.2, 0) is 40.6 Å². The number of esters is 1. The van der Waals surface area contributed by atoms with Crippen molar-refractivity contribution in [1.82, 2.24) is 10.3 Å². The summed E-state index contributed by atoms with van der Waals surface area (Å²) >= 11 is 0. The molecule has 0 radical (unpaired) electrons. The molecule has 1 N–H and O–H groups in total. The number of methoxy groups -OCH3 is 3. The zero-order valence-electron chi connectivity index (χ0n) is 23.1. The highest BCUT2D eigenvalue weighted by Crippen LogP contribution is 2.52. The lowest BCUT2D eigenvalue weighted by molar-refractivity contribution is -0.136. The van der Waals surface area contributed by atoms with Crippen LogP contribution in [0.4, 0.5) is 4.79 Å². The van der Waals surface area contributed by atoms with Crippen molar-refractivity contribution in [1.29, 1.82) is 0 Å². The van der Waals surface area contributed by atoms with Gasteiger partial charge in [-0.2, -0.15) is 0 Å². The van der Waals surface area contributed by atoms with Crippen LogP contribution in [0, 0.1) is 0 Å². The maximum absolute atomic E-state index is 13.4. The Morgan fingerprint density at radius 3 is 2.20 bits per heavy atom. The van der Waals surface area contributed by atoms with Gasteiger partial charge in [-0.3, -0.25) is 9.88 Å². The van der Waals surface area contributed by atoms with E-state index in [1.807, 2.05) is 18.2 Å². The van der Waals surface area contributed by atoms with Gasteiger partial charge in [-0.25, -0.2) is 14.6 Å². The minimum atomic E-state index is -3.58. The first kappa shape index (κ1) is 30.6. The van der Waals surface area contributed by atoms with Gasteiger partial charge >= 0.3 is 19.7 Å². The maximum atomic E-state index is 13.4. The van der Waals surface area contributed by atoms with E-state index in [1.165, 1.54) is 27.4 Å². The van der Waals surface area contributed by atoms with Gasteiger partial charge in [0, 0.05) is 11.5 Å². The number of pyridine rings is 1. The quantitative estimate of drug-likeness (QED) is 0.160. The summed E-state index contributed by atoms with van der Waals surface area (Å²) in [4.78, 5) is 29.9. The van der Waals surface area contributed by atoms with Crippen molar-refractivity contribution in [2.24, 2.45) is 0 Å². The van der Waals surface area contributed by atoms with Gasteiger partial charge in [0.2, 0.25) is 0 Å². The lowest BCUT2D eigenvalue weighted by Crippen LogP contribution is -2.28. The molecule has 2 aromatic carbocycles. The Morgan fingerprint density at radius 2 is 1.60 bits per heavy atom. The molecule has 0 saturated carbocycles. The van der Waals surface area contributed by atoms with Crippen LogP contribution >= 0.6 is 7.60 Å². The second-order valence-electron chi connectivity index (χ2n) is 8.27. The molecule has 214 valence electrons. The zero-order valence-corrected chi connectivity index (χ0v) is 24.0. The van der Waals surface area contributed by atoms with Crippen LogP contribution in [0.15, 0.2) is 54.2 Å². The van der Waals surface area contributed by atoms with Gasteiger partial charge in [-0.15, -0.1) is 0 Å². The molecule has 0 atom stereocenters. The molecular formula is C28H33N2O9P. The Hall–Kier alpha value is -3.92. The second kappa shape index (κ2) is 14.5. The lowest BCUT2D eigenvalue weighted by atomic mass is 10.1. The molecular weight excluding hydrogens is 539 g/mol. The minimum absolute atomic E-state index is 0.00583. The van der Waals surface area contributed by atoms with Crippen molar-refractivity contribution in [3.05, 3.63) is 71.0 Å². The summed E-state index contributed by atoms with van der Waals surface area (Å²) in [5.74, 6) is 0.0758. The fraction of sp³-hybridized carbons (Fsp3) is 0.321. The molecule has 0 saturated heterocycles. The largest absolute Gasteiger partial charge is 0.493 e. The number of hydrogen-bond acceptors (Lipinski definition) is 10. The summed E-state index contributed by atoms with van der Waals surface area (Å²) in [5.41, 5.74) is 1.68. The number of aromatic nitrogens is 1. The number of amides is 1. The average Bonchev–Trinajstić information content (AvgIpc) is 2.95. The van der Waals surface area contributed by atoms with Crippen molar-refractivity contribution in [3.63, 3.8) is 0 Å². The molecule has 1 aromatic heterocycles. The maximum Gasteiger partial charge on any atom is 0.412 e.